The van der Waals surface area contributed by atoms with Crippen LogP contribution in [-0.4, -0.2) is 34.3 Å². The van der Waals surface area contributed by atoms with E-state index in [1.54, 1.807) is 20.9 Å². The van der Waals surface area contributed by atoms with Crippen molar-refractivity contribution in [1.82, 2.24) is 24.8 Å². The summed E-state index contributed by atoms with van der Waals surface area (Å²) in [7, 11) is -2.23. The Morgan fingerprint density at radius 2 is 2.07 bits per heavy atom. The van der Waals surface area contributed by atoms with Gasteiger partial charge in [-0.2, -0.15) is 5.10 Å². The van der Waals surface area contributed by atoms with E-state index in [4.69, 9.17) is 17.0 Å². The number of aromatic nitrogens is 4. The van der Waals surface area contributed by atoms with Crippen LogP contribution in [0.3, 0.4) is 0 Å². The molecule has 3 N–H and O–H groups in total. The lowest BCUT2D eigenvalue weighted by atomic mass is 10.2. The number of aryl methyl sites for hydroxylation is 2. The van der Waals surface area contributed by atoms with Crippen molar-refractivity contribution >= 4 is 33.1 Å². The largest absolute Gasteiger partial charge is 0.339 e. The van der Waals surface area contributed by atoms with Crippen LogP contribution < -0.4 is 10.0 Å². The molecule has 0 fully saturated rings. The van der Waals surface area contributed by atoms with Gasteiger partial charge in [0.2, 0.25) is 10.0 Å². The summed E-state index contributed by atoms with van der Waals surface area (Å²) in [6, 6.07) is 3.83. The Kier molecular flexibility index (Phi) is 5.68. The normalized spacial score (nSPS) is 11.6. The Morgan fingerprint density at radius 3 is 2.69 bits per heavy atom. The zero-order valence-electron chi connectivity index (χ0n) is 15.6. The molecule has 0 aliphatic rings. The molecule has 13 heteroatoms. The SMILES string of the molecule is Cc1nn(C)c(C)c1S(=O)(=O)NCc1nonc1C(=N)Nc1ccc(F)c(Cl)c1. The summed E-state index contributed by atoms with van der Waals surface area (Å²) in [6.07, 6.45) is 0. The van der Waals surface area contributed by atoms with Gasteiger partial charge in [0.05, 0.1) is 23.0 Å². The highest BCUT2D eigenvalue weighted by atomic mass is 35.5. The second kappa shape index (κ2) is 7.89. The van der Waals surface area contributed by atoms with Crippen LogP contribution in [0.1, 0.15) is 22.8 Å². The maximum absolute atomic E-state index is 13.3. The number of sulfonamides is 1. The van der Waals surface area contributed by atoms with Crippen LogP contribution in [0.15, 0.2) is 27.7 Å². The highest BCUT2D eigenvalue weighted by Gasteiger charge is 2.25. The predicted molar refractivity (Wildman–Crippen MR) is 103 cm³/mol. The van der Waals surface area contributed by atoms with Gasteiger partial charge in [-0.15, -0.1) is 0 Å². The minimum absolute atomic E-state index is 0.00669. The fraction of sp³-hybridized carbons (Fsp3) is 0.250. The molecule has 0 bridgehead atoms. The maximum atomic E-state index is 13.3. The summed E-state index contributed by atoms with van der Waals surface area (Å²) in [4.78, 5) is 0.0761. The van der Waals surface area contributed by atoms with Crippen molar-refractivity contribution in [3.63, 3.8) is 0 Å². The van der Waals surface area contributed by atoms with Crippen molar-refractivity contribution in [3.8, 4) is 0 Å². The summed E-state index contributed by atoms with van der Waals surface area (Å²) in [5.41, 5.74) is 1.28. The van der Waals surface area contributed by atoms with Crippen molar-refractivity contribution < 1.29 is 17.4 Å². The van der Waals surface area contributed by atoms with E-state index in [1.165, 1.54) is 16.8 Å². The number of rotatable bonds is 6. The number of anilines is 1. The smallest absolute Gasteiger partial charge is 0.244 e. The first-order valence-corrected chi connectivity index (χ1v) is 10.1. The number of nitrogens with zero attached hydrogens (tertiary/aromatic N) is 4. The van der Waals surface area contributed by atoms with Gasteiger partial charge in [-0.3, -0.25) is 10.1 Å². The second-order valence-corrected chi connectivity index (χ2v) is 8.25. The van der Waals surface area contributed by atoms with Crippen molar-refractivity contribution in [2.45, 2.75) is 25.3 Å². The zero-order chi connectivity index (χ0) is 21.3. The number of hydrogen-bond donors (Lipinski definition) is 3. The first kappa shape index (κ1) is 20.9. The first-order chi connectivity index (χ1) is 13.6. The van der Waals surface area contributed by atoms with Crippen LogP contribution in [0.5, 0.6) is 0 Å². The minimum atomic E-state index is -3.88. The monoisotopic (exact) mass is 441 g/mol. The highest BCUT2D eigenvalue weighted by Crippen LogP contribution is 2.21. The van der Waals surface area contributed by atoms with Gasteiger partial charge in [-0.05, 0) is 37.2 Å². The number of nitrogens with one attached hydrogen (secondary N) is 3. The second-order valence-electron chi connectivity index (χ2n) is 6.14. The third-order valence-electron chi connectivity index (χ3n) is 4.12. The quantitative estimate of drug-likeness (QED) is 0.393. The first-order valence-electron chi connectivity index (χ1n) is 8.22. The van der Waals surface area contributed by atoms with E-state index >= 15 is 0 Å². The van der Waals surface area contributed by atoms with Gasteiger partial charge < -0.3 is 5.32 Å². The van der Waals surface area contributed by atoms with E-state index in [-0.39, 0.29) is 33.7 Å². The third kappa shape index (κ3) is 4.28. The predicted octanol–water partition coefficient (Wildman–Crippen LogP) is 2.13. The molecule has 0 atom stereocenters. The maximum Gasteiger partial charge on any atom is 0.244 e. The van der Waals surface area contributed by atoms with Gasteiger partial charge >= 0.3 is 0 Å². The molecule has 0 unspecified atom stereocenters. The highest BCUT2D eigenvalue weighted by molar-refractivity contribution is 7.89. The Hall–Kier alpha value is -2.83. The number of amidine groups is 1. The molecule has 0 aliphatic heterocycles. The van der Waals surface area contributed by atoms with Crippen molar-refractivity contribution in [3.05, 3.63) is 51.8 Å². The summed E-state index contributed by atoms with van der Waals surface area (Å²) in [5.74, 6) is -0.820. The standard InChI is InChI=1S/C16H17ClFN7O3S/c1-8-15(9(2)25(3)22-8)29(26,27)20-7-13-14(24-28-23-13)16(19)21-10-4-5-12(18)11(17)6-10/h4-6,20H,7H2,1-3H3,(H2,19,21). The molecular formula is C16H17ClFN7O3S. The molecule has 3 aromatic rings. The molecule has 3 rings (SSSR count). The lowest BCUT2D eigenvalue weighted by Crippen LogP contribution is -2.26. The molecular weight excluding hydrogens is 425 g/mol. The van der Waals surface area contributed by atoms with E-state index in [0.717, 1.165) is 6.07 Å². The average molecular weight is 442 g/mol. The van der Waals surface area contributed by atoms with E-state index in [9.17, 15) is 12.8 Å². The average Bonchev–Trinajstić information content (AvgIpc) is 3.21. The van der Waals surface area contributed by atoms with Crippen molar-refractivity contribution in [2.24, 2.45) is 7.05 Å². The van der Waals surface area contributed by atoms with Crippen LogP contribution in [0, 0.1) is 25.1 Å². The van der Waals surface area contributed by atoms with Gasteiger partial charge in [0.25, 0.3) is 0 Å². The summed E-state index contributed by atoms with van der Waals surface area (Å²) in [5, 5.41) is 22.1. The number of halogens is 2. The molecule has 0 spiro atoms. The van der Waals surface area contributed by atoms with Crippen LogP contribution >= 0.6 is 11.6 Å². The van der Waals surface area contributed by atoms with Crippen LogP contribution in [0.25, 0.3) is 0 Å². The fourth-order valence-corrected chi connectivity index (χ4v) is 4.27. The van der Waals surface area contributed by atoms with Gasteiger partial charge in [-0.25, -0.2) is 22.2 Å². The Labute approximate surface area is 170 Å². The van der Waals surface area contributed by atoms with Crippen LogP contribution in [-0.2, 0) is 23.6 Å². The van der Waals surface area contributed by atoms with Gasteiger partial charge in [0.15, 0.2) is 11.5 Å². The van der Waals surface area contributed by atoms with E-state index in [2.05, 4.69) is 30.1 Å². The van der Waals surface area contributed by atoms with Crippen LogP contribution in [0.2, 0.25) is 5.02 Å². The minimum Gasteiger partial charge on any atom is -0.339 e. The lowest BCUT2D eigenvalue weighted by Gasteiger charge is -2.08. The molecule has 29 heavy (non-hydrogen) atoms. The molecule has 0 saturated heterocycles. The van der Waals surface area contributed by atoms with E-state index in [1.807, 2.05) is 0 Å². The topological polar surface area (TPSA) is 139 Å². The zero-order valence-corrected chi connectivity index (χ0v) is 17.2. The van der Waals surface area contributed by atoms with E-state index < -0.39 is 15.8 Å². The number of benzene rings is 1. The number of hydrogen-bond acceptors (Lipinski definition) is 7. The van der Waals surface area contributed by atoms with Crippen molar-refractivity contribution in [1.29, 1.82) is 5.41 Å². The van der Waals surface area contributed by atoms with Gasteiger partial charge in [0, 0.05) is 12.7 Å². The molecule has 0 aliphatic carbocycles. The lowest BCUT2D eigenvalue weighted by molar-refractivity contribution is 0.302. The fourth-order valence-electron chi connectivity index (χ4n) is 2.67. The molecule has 2 aromatic heterocycles. The molecule has 10 nitrogen and oxygen atoms in total. The third-order valence-corrected chi connectivity index (χ3v) is 6.07. The molecule has 0 radical (unpaired) electrons. The molecule has 1 aromatic carbocycles. The molecule has 0 amide bonds. The van der Waals surface area contributed by atoms with Gasteiger partial charge in [-0.1, -0.05) is 16.8 Å². The molecule has 154 valence electrons. The Bertz CT molecular complexity index is 1190. The Morgan fingerprint density at radius 1 is 1.34 bits per heavy atom. The molecule has 2 heterocycles. The summed E-state index contributed by atoms with van der Waals surface area (Å²) < 4.78 is 47.1. The van der Waals surface area contributed by atoms with Gasteiger partial charge in [0.1, 0.15) is 16.4 Å². The Balaban J connectivity index is 1.76. The van der Waals surface area contributed by atoms with E-state index in [0.29, 0.717) is 17.1 Å². The summed E-state index contributed by atoms with van der Waals surface area (Å²) >= 11 is 5.72. The molecule has 0 saturated carbocycles. The van der Waals surface area contributed by atoms with Crippen LogP contribution in [0.4, 0.5) is 10.1 Å². The summed E-state index contributed by atoms with van der Waals surface area (Å²) in [6.45, 7) is 2.98. The van der Waals surface area contributed by atoms with Crippen molar-refractivity contribution in [2.75, 3.05) is 5.32 Å².